The molecule has 0 amide bonds. The van der Waals surface area contributed by atoms with Crippen molar-refractivity contribution < 1.29 is 19.4 Å². The van der Waals surface area contributed by atoms with Crippen molar-refractivity contribution >= 4 is 28.7 Å². The highest BCUT2D eigenvalue weighted by molar-refractivity contribution is 7.12. The largest absolute Gasteiger partial charge is 0.503 e. The summed E-state index contributed by atoms with van der Waals surface area (Å²) in [7, 11) is 0. The number of nitrogens with zero attached hydrogens (tertiary/aromatic N) is 2. The van der Waals surface area contributed by atoms with E-state index in [1.165, 1.54) is 58.5 Å². The number of thiazole rings is 1. The molecule has 140 valence electrons. The van der Waals surface area contributed by atoms with Crippen LogP contribution in [0.5, 0.6) is 11.6 Å². The summed E-state index contributed by atoms with van der Waals surface area (Å²) in [6, 6.07) is 11.6. The van der Waals surface area contributed by atoms with Crippen LogP contribution in [0.15, 0.2) is 60.1 Å². The minimum Gasteiger partial charge on any atom is -0.503 e. The molecule has 0 saturated heterocycles. The summed E-state index contributed by atoms with van der Waals surface area (Å²) in [6.45, 7) is 0. The maximum atomic E-state index is 13.4. The van der Waals surface area contributed by atoms with E-state index in [0.717, 1.165) is 0 Å². The topological polar surface area (TPSA) is 75.3 Å². The van der Waals surface area contributed by atoms with Gasteiger partial charge in [-0.3, -0.25) is 9.36 Å². The molecule has 0 aliphatic rings. The number of rotatable bonds is 4. The monoisotopic (exact) mass is 414 g/mol. The van der Waals surface area contributed by atoms with Crippen molar-refractivity contribution in [3.8, 4) is 28.0 Å². The summed E-state index contributed by atoms with van der Waals surface area (Å²) in [4.78, 5) is 17.3. The third-order valence-electron chi connectivity index (χ3n) is 4.18. The fraction of sp³-hybridized carbons (Fsp3) is 0. The highest BCUT2D eigenvalue weighted by atomic mass is 35.5. The van der Waals surface area contributed by atoms with Crippen LogP contribution in [0.3, 0.4) is 0 Å². The van der Waals surface area contributed by atoms with Crippen LogP contribution in [-0.4, -0.2) is 25.5 Å². The van der Waals surface area contributed by atoms with Crippen LogP contribution in [0, 0.1) is 5.82 Å². The lowest BCUT2D eigenvalue weighted by Gasteiger charge is -2.09. The van der Waals surface area contributed by atoms with E-state index in [1.807, 2.05) is 0 Å². The van der Waals surface area contributed by atoms with Gasteiger partial charge in [-0.25, -0.2) is 9.37 Å². The lowest BCUT2D eigenvalue weighted by Crippen LogP contribution is -2.04. The fourth-order valence-electron chi connectivity index (χ4n) is 2.90. The van der Waals surface area contributed by atoms with Crippen LogP contribution in [0.1, 0.15) is 15.9 Å². The molecule has 0 spiro atoms. The zero-order valence-electron chi connectivity index (χ0n) is 14.1. The van der Waals surface area contributed by atoms with E-state index >= 15 is 0 Å². The summed E-state index contributed by atoms with van der Waals surface area (Å²) in [5.41, 5.74) is 0.815. The molecule has 0 unspecified atom stereocenters. The lowest BCUT2D eigenvalue weighted by atomic mass is 9.99. The standard InChI is InChI=1S/C20H12ClFN2O3S/c21-13-5-1-12(2-6-13)17(25)15-16(11-3-7-14(22)8-4-11)24(19(27)18(15)26)20-23-9-10-28-20/h1-10,26-27H. The predicted octanol–water partition coefficient (Wildman–Crippen LogP) is 5.04. The zero-order chi connectivity index (χ0) is 19.8. The summed E-state index contributed by atoms with van der Waals surface area (Å²) in [5, 5.41) is 23.6. The number of carbonyl (C=O) groups excluding carboxylic acids is 1. The van der Waals surface area contributed by atoms with Gasteiger partial charge in [0.05, 0.1) is 11.3 Å². The first kappa shape index (κ1) is 18.2. The fourth-order valence-corrected chi connectivity index (χ4v) is 3.68. The lowest BCUT2D eigenvalue weighted by molar-refractivity contribution is 0.103. The molecular weight excluding hydrogens is 403 g/mol. The Morgan fingerprint density at radius 2 is 1.75 bits per heavy atom. The molecule has 0 fully saturated rings. The minimum atomic E-state index is -0.575. The Morgan fingerprint density at radius 1 is 1.07 bits per heavy atom. The van der Waals surface area contributed by atoms with Gasteiger partial charge in [0.15, 0.2) is 16.7 Å². The molecule has 28 heavy (non-hydrogen) atoms. The summed E-state index contributed by atoms with van der Waals surface area (Å²) in [6.07, 6.45) is 1.53. The molecule has 2 aromatic heterocycles. The number of halogens is 2. The molecule has 0 atom stereocenters. The van der Waals surface area contributed by atoms with E-state index in [0.29, 0.717) is 15.7 Å². The number of aromatic hydroxyl groups is 2. The Morgan fingerprint density at radius 3 is 2.36 bits per heavy atom. The van der Waals surface area contributed by atoms with Gasteiger partial charge in [0.1, 0.15) is 5.82 Å². The van der Waals surface area contributed by atoms with Crippen molar-refractivity contribution in [3.63, 3.8) is 0 Å². The highest BCUT2D eigenvalue weighted by Crippen LogP contribution is 2.44. The number of ketones is 1. The summed E-state index contributed by atoms with van der Waals surface area (Å²) >= 11 is 7.10. The summed E-state index contributed by atoms with van der Waals surface area (Å²) in [5.74, 6) is -2.06. The van der Waals surface area contributed by atoms with Gasteiger partial charge in [-0.15, -0.1) is 11.3 Å². The van der Waals surface area contributed by atoms with Crippen molar-refractivity contribution in [1.82, 2.24) is 9.55 Å². The smallest absolute Gasteiger partial charge is 0.242 e. The molecule has 0 saturated carbocycles. The number of benzene rings is 2. The maximum Gasteiger partial charge on any atom is 0.242 e. The molecule has 5 nitrogen and oxygen atoms in total. The first-order valence-corrected chi connectivity index (χ1v) is 9.36. The van der Waals surface area contributed by atoms with E-state index in [4.69, 9.17) is 11.6 Å². The second-order valence-electron chi connectivity index (χ2n) is 5.89. The SMILES string of the molecule is O=C(c1ccc(Cl)cc1)c1c(O)c(O)n(-c2nccs2)c1-c1ccc(F)cc1. The second-order valence-corrected chi connectivity index (χ2v) is 7.20. The minimum absolute atomic E-state index is 0.110. The van der Waals surface area contributed by atoms with Gasteiger partial charge in [-0.05, 0) is 54.1 Å². The van der Waals surface area contributed by atoms with E-state index in [9.17, 15) is 19.4 Å². The molecule has 4 aromatic rings. The first-order chi connectivity index (χ1) is 13.5. The van der Waals surface area contributed by atoms with Crippen molar-refractivity contribution in [3.05, 3.63) is 82.1 Å². The molecule has 2 N–H and O–H groups in total. The van der Waals surface area contributed by atoms with Crippen LogP contribution in [0.4, 0.5) is 4.39 Å². The normalized spacial score (nSPS) is 10.9. The van der Waals surface area contributed by atoms with Gasteiger partial charge in [-0.1, -0.05) is 11.6 Å². The first-order valence-electron chi connectivity index (χ1n) is 8.10. The Bertz CT molecular complexity index is 1150. The van der Waals surface area contributed by atoms with E-state index in [2.05, 4.69) is 4.98 Å². The van der Waals surface area contributed by atoms with Crippen molar-refractivity contribution in [2.45, 2.75) is 0 Å². The Labute approximate surface area is 167 Å². The molecule has 2 aromatic carbocycles. The van der Waals surface area contributed by atoms with Crippen LogP contribution in [0.25, 0.3) is 16.4 Å². The number of aromatic nitrogens is 2. The van der Waals surface area contributed by atoms with Crippen LogP contribution in [0.2, 0.25) is 5.02 Å². The van der Waals surface area contributed by atoms with Gasteiger partial charge in [0, 0.05) is 22.2 Å². The van der Waals surface area contributed by atoms with Gasteiger partial charge in [0.2, 0.25) is 5.88 Å². The molecule has 2 heterocycles. The van der Waals surface area contributed by atoms with E-state index < -0.39 is 23.2 Å². The molecule has 0 aliphatic heterocycles. The van der Waals surface area contributed by atoms with Crippen molar-refractivity contribution in [2.75, 3.05) is 0 Å². The van der Waals surface area contributed by atoms with E-state index in [1.54, 1.807) is 17.5 Å². The quantitative estimate of drug-likeness (QED) is 0.459. The van der Waals surface area contributed by atoms with Crippen LogP contribution in [-0.2, 0) is 0 Å². The number of carbonyl (C=O) groups is 1. The summed E-state index contributed by atoms with van der Waals surface area (Å²) < 4.78 is 14.7. The van der Waals surface area contributed by atoms with Crippen molar-refractivity contribution in [2.24, 2.45) is 0 Å². The highest BCUT2D eigenvalue weighted by Gasteiger charge is 2.30. The second kappa shape index (κ2) is 7.10. The van der Waals surface area contributed by atoms with Gasteiger partial charge in [0.25, 0.3) is 0 Å². The predicted molar refractivity (Wildman–Crippen MR) is 105 cm³/mol. The van der Waals surface area contributed by atoms with Crippen LogP contribution < -0.4 is 0 Å². The van der Waals surface area contributed by atoms with Gasteiger partial charge in [-0.2, -0.15) is 0 Å². The third kappa shape index (κ3) is 3.04. The number of hydrogen-bond acceptors (Lipinski definition) is 5. The molecular formula is C20H12ClFN2O3S. The Kier molecular flexibility index (Phi) is 4.62. The average molecular weight is 415 g/mol. The maximum absolute atomic E-state index is 13.4. The Balaban J connectivity index is 2.00. The molecule has 4 rings (SSSR count). The number of hydrogen-bond donors (Lipinski definition) is 2. The molecule has 0 radical (unpaired) electrons. The zero-order valence-corrected chi connectivity index (χ0v) is 15.7. The van der Waals surface area contributed by atoms with Gasteiger partial charge < -0.3 is 10.2 Å². The van der Waals surface area contributed by atoms with Gasteiger partial charge >= 0.3 is 0 Å². The molecule has 0 aliphatic carbocycles. The third-order valence-corrected chi connectivity index (χ3v) is 5.19. The molecule has 8 heteroatoms. The van der Waals surface area contributed by atoms with Crippen LogP contribution >= 0.6 is 22.9 Å². The Hall–Kier alpha value is -3.16. The molecule has 0 bridgehead atoms. The van der Waals surface area contributed by atoms with Crippen molar-refractivity contribution in [1.29, 1.82) is 0 Å². The van der Waals surface area contributed by atoms with E-state index in [-0.39, 0.29) is 16.8 Å². The average Bonchev–Trinajstić information content (AvgIpc) is 3.30.